The molecule has 0 unspecified atom stereocenters. The highest BCUT2D eigenvalue weighted by Gasteiger charge is 2.17. The Labute approximate surface area is 158 Å². The Bertz CT molecular complexity index is 1240. The minimum atomic E-state index is -0.403. The van der Waals surface area contributed by atoms with Gasteiger partial charge in [-0.2, -0.15) is 4.68 Å². The number of rotatable bonds is 3. The second kappa shape index (κ2) is 6.55. The van der Waals surface area contributed by atoms with E-state index in [0.29, 0.717) is 28.1 Å². The fraction of sp³-hybridized carbons (Fsp3) is 0.211. The van der Waals surface area contributed by atoms with Crippen LogP contribution in [-0.4, -0.2) is 32.6 Å². The van der Waals surface area contributed by atoms with Crippen LogP contribution in [0.5, 0.6) is 0 Å². The summed E-state index contributed by atoms with van der Waals surface area (Å²) in [7, 11) is 0. The first-order chi connectivity index (χ1) is 13.0. The molecule has 4 rings (SSSR count). The van der Waals surface area contributed by atoms with E-state index in [9.17, 15) is 9.59 Å². The number of carbonyl (C=O) groups is 1. The predicted octanol–water partition coefficient (Wildman–Crippen LogP) is 3.18. The molecular formula is C19H16N4O3S. The first-order valence-electron chi connectivity index (χ1n) is 8.43. The van der Waals surface area contributed by atoms with Crippen LogP contribution < -0.4 is 5.56 Å². The summed E-state index contributed by atoms with van der Waals surface area (Å²) in [6.45, 7) is 5.96. The average Bonchev–Trinajstić information content (AvgIpc) is 3.02. The predicted molar refractivity (Wildman–Crippen MR) is 104 cm³/mol. The van der Waals surface area contributed by atoms with Gasteiger partial charge in [0.05, 0.1) is 17.9 Å². The first-order valence-corrected chi connectivity index (χ1v) is 9.25. The van der Waals surface area contributed by atoms with Gasteiger partial charge in [0.25, 0.3) is 5.56 Å². The molecule has 0 radical (unpaired) electrons. The van der Waals surface area contributed by atoms with Gasteiger partial charge in [-0.1, -0.05) is 5.21 Å². The molecule has 0 N–H and O–H groups in total. The highest BCUT2D eigenvalue weighted by Crippen LogP contribution is 2.31. The first kappa shape index (κ1) is 17.3. The lowest BCUT2D eigenvalue weighted by Crippen LogP contribution is -2.21. The van der Waals surface area contributed by atoms with Gasteiger partial charge in [-0.05, 0) is 56.7 Å². The van der Waals surface area contributed by atoms with Crippen LogP contribution in [0.2, 0.25) is 0 Å². The summed E-state index contributed by atoms with van der Waals surface area (Å²) in [6.07, 6.45) is 0. The minimum absolute atomic E-state index is 0.260. The fourth-order valence-corrected chi connectivity index (χ4v) is 4.17. The van der Waals surface area contributed by atoms with Crippen LogP contribution in [0.25, 0.3) is 26.1 Å². The molecule has 27 heavy (non-hydrogen) atoms. The summed E-state index contributed by atoms with van der Waals surface area (Å²) >= 11 is 1.32. The van der Waals surface area contributed by atoms with Gasteiger partial charge >= 0.3 is 5.97 Å². The maximum atomic E-state index is 13.0. The van der Waals surface area contributed by atoms with Gasteiger partial charge in [0, 0.05) is 11.1 Å². The third-order valence-corrected chi connectivity index (χ3v) is 5.27. The lowest BCUT2D eigenvalue weighted by Gasteiger charge is -2.05. The number of aryl methyl sites for hydroxylation is 2. The molecule has 3 aromatic heterocycles. The van der Waals surface area contributed by atoms with Crippen LogP contribution in [0.3, 0.4) is 0 Å². The number of carbonyl (C=O) groups excluding carboxylic acids is 1. The molecule has 7 nitrogen and oxygen atoms in total. The normalized spacial score (nSPS) is 11.2. The van der Waals surface area contributed by atoms with Gasteiger partial charge in [0.15, 0.2) is 0 Å². The van der Waals surface area contributed by atoms with Crippen molar-refractivity contribution in [2.24, 2.45) is 0 Å². The van der Waals surface area contributed by atoms with Crippen molar-refractivity contribution in [1.29, 1.82) is 0 Å². The summed E-state index contributed by atoms with van der Waals surface area (Å²) in [4.78, 5) is 30.0. The fourth-order valence-electron chi connectivity index (χ4n) is 3.01. The Morgan fingerprint density at radius 1 is 1.22 bits per heavy atom. The molecule has 3 heterocycles. The Kier molecular flexibility index (Phi) is 4.19. The largest absolute Gasteiger partial charge is 0.462 e. The van der Waals surface area contributed by atoms with E-state index < -0.39 is 5.97 Å². The lowest BCUT2D eigenvalue weighted by atomic mass is 10.1. The Morgan fingerprint density at radius 3 is 2.67 bits per heavy atom. The Morgan fingerprint density at radius 2 is 1.96 bits per heavy atom. The van der Waals surface area contributed by atoms with Crippen molar-refractivity contribution in [2.75, 3.05) is 6.61 Å². The van der Waals surface area contributed by atoms with Crippen molar-refractivity contribution >= 4 is 37.7 Å². The van der Waals surface area contributed by atoms with Gasteiger partial charge in [0.2, 0.25) is 0 Å². The van der Waals surface area contributed by atoms with Crippen LogP contribution >= 0.6 is 11.3 Å². The van der Waals surface area contributed by atoms with Crippen molar-refractivity contribution in [3.63, 3.8) is 0 Å². The van der Waals surface area contributed by atoms with Crippen molar-refractivity contribution in [3.8, 4) is 5.69 Å². The second-order valence-corrected chi connectivity index (χ2v) is 7.11. The van der Waals surface area contributed by atoms with Crippen LogP contribution in [-0.2, 0) is 4.74 Å². The lowest BCUT2D eigenvalue weighted by molar-refractivity contribution is 0.0526. The van der Waals surface area contributed by atoms with E-state index in [4.69, 9.17) is 4.74 Å². The van der Waals surface area contributed by atoms with Gasteiger partial charge in [-0.15, -0.1) is 16.4 Å². The van der Waals surface area contributed by atoms with E-state index in [1.54, 1.807) is 31.2 Å². The molecule has 8 heteroatoms. The summed E-state index contributed by atoms with van der Waals surface area (Å²) in [5, 5.41) is 9.24. The minimum Gasteiger partial charge on any atom is -0.462 e. The quantitative estimate of drug-likeness (QED) is 0.507. The summed E-state index contributed by atoms with van der Waals surface area (Å²) in [5.74, 6) is -0.403. The standard InChI is InChI=1S/C19H16N4O3S/c1-4-26-19(25)12-5-7-13(8-6-12)23-18(24)16-15(21-22-23)14-10(2)9-11(3)20-17(14)27-16/h5-9H,4H2,1-3H3. The molecule has 0 amide bonds. The topological polar surface area (TPSA) is 87.0 Å². The zero-order valence-corrected chi connectivity index (χ0v) is 15.8. The molecule has 0 bridgehead atoms. The monoisotopic (exact) mass is 380 g/mol. The molecule has 0 saturated heterocycles. The number of thiophene rings is 1. The number of aromatic nitrogens is 4. The van der Waals surface area contributed by atoms with Crippen LogP contribution in [0.1, 0.15) is 28.5 Å². The SMILES string of the molecule is CCOC(=O)c1ccc(-n2nnc3c(sc4nc(C)cc(C)c43)c2=O)cc1. The van der Waals surface area contributed by atoms with E-state index >= 15 is 0 Å². The number of ether oxygens (including phenoxy) is 1. The number of hydrogen-bond acceptors (Lipinski definition) is 7. The molecular weight excluding hydrogens is 364 g/mol. The Balaban J connectivity index is 1.85. The zero-order valence-electron chi connectivity index (χ0n) is 15.0. The third-order valence-electron chi connectivity index (χ3n) is 4.21. The maximum Gasteiger partial charge on any atom is 0.338 e. The molecule has 4 aromatic rings. The second-order valence-electron chi connectivity index (χ2n) is 6.11. The summed E-state index contributed by atoms with van der Waals surface area (Å²) in [6, 6.07) is 8.47. The van der Waals surface area contributed by atoms with Crippen molar-refractivity contribution < 1.29 is 9.53 Å². The van der Waals surface area contributed by atoms with Gasteiger partial charge in [-0.3, -0.25) is 4.79 Å². The summed E-state index contributed by atoms with van der Waals surface area (Å²) < 4.78 is 6.71. The van der Waals surface area contributed by atoms with E-state index in [1.807, 2.05) is 19.9 Å². The highest BCUT2D eigenvalue weighted by atomic mass is 32.1. The molecule has 0 fully saturated rings. The number of nitrogens with zero attached hydrogens (tertiary/aromatic N) is 4. The van der Waals surface area contributed by atoms with Gasteiger partial charge in [-0.25, -0.2) is 9.78 Å². The smallest absolute Gasteiger partial charge is 0.338 e. The van der Waals surface area contributed by atoms with Crippen molar-refractivity contribution in [1.82, 2.24) is 20.0 Å². The number of pyridine rings is 1. The van der Waals surface area contributed by atoms with E-state index in [2.05, 4.69) is 15.3 Å². The third kappa shape index (κ3) is 2.87. The van der Waals surface area contributed by atoms with Gasteiger partial charge < -0.3 is 4.74 Å². The molecule has 0 atom stereocenters. The van der Waals surface area contributed by atoms with Crippen molar-refractivity contribution in [2.45, 2.75) is 20.8 Å². The maximum absolute atomic E-state index is 13.0. The molecule has 0 spiro atoms. The van der Waals surface area contributed by atoms with E-state index in [1.165, 1.54) is 16.0 Å². The number of hydrogen-bond donors (Lipinski definition) is 0. The summed E-state index contributed by atoms with van der Waals surface area (Å²) in [5.41, 5.74) is 3.18. The zero-order chi connectivity index (χ0) is 19.1. The van der Waals surface area contributed by atoms with E-state index in [0.717, 1.165) is 21.5 Å². The number of benzene rings is 1. The van der Waals surface area contributed by atoms with Crippen LogP contribution in [0.4, 0.5) is 0 Å². The van der Waals surface area contributed by atoms with Gasteiger partial charge in [0.1, 0.15) is 15.0 Å². The number of esters is 1. The van der Waals surface area contributed by atoms with Crippen LogP contribution in [0.15, 0.2) is 35.1 Å². The molecule has 0 aliphatic heterocycles. The van der Waals surface area contributed by atoms with E-state index in [-0.39, 0.29) is 5.56 Å². The average molecular weight is 380 g/mol. The van der Waals surface area contributed by atoms with Crippen LogP contribution in [0, 0.1) is 13.8 Å². The molecule has 0 aliphatic carbocycles. The van der Waals surface area contributed by atoms with Crippen molar-refractivity contribution in [3.05, 3.63) is 57.5 Å². The highest BCUT2D eigenvalue weighted by molar-refractivity contribution is 7.25. The Hall–Kier alpha value is -3.13. The molecule has 1 aromatic carbocycles. The number of fused-ring (bicyclic) bond motifs is 3. The molecule has 136 valence electrons. The molecule has 0 aliphatic rings. The molecule has 0 saturated carbocycles.